The van der Waals surface area contributed by atoms with Crippen LogP contribution in [0.5, 0.6) is 0 Å². The summed E-state index contributed by atoms with van der Waals surface area (Å²) in [7, 11) is -2.15. The summed E-state index contributed by atoms with van der Waals surface area (Å²) in [6, 6.07) is 0. The van der Waals surface area contributed by atoms with Crippen molar-refractivity contribution >= 4 is 21.2 Å². The second-order valence-electron chi connectivity index (χ2n) is 2.92. The minimum absolute atomic E-state index is 0.306. The van der Waals surface area contributed by atoms with Gasteiger partial charge in [-0.05, 0) is 6.92 Å². The van der Waals surface area contributed by atoms with E-state index in [9.17, 15) is 4.21 Å². The van der Waals surface area contributed by atoms with Gasteiger partial charge in [0.1, 0.15) is 5.69 Å². The Bertz CT molecular complexity index is 395. The SMILES string of the molecule is CCS(C)(=O)=Nc1c(N)n[nH]c1C. The van der Waals surface area contributed by atoms with E-state index in [0.29, 0.717) is 17.3 Å². The molecular weight excluding hydrogens is 188 g/mol. The number of nitrogens with two attached hydrogens (primary N) is 1. The molecule has 13 heavy (non-hydrogen) atoms. The van der Waals surface area contributed by atoms with Crippen LogP contribution in [0.2, 0.25) is 0 Å². The minimum atomic E-state index is -2.15. The zero-order valence-electron chi connectivity index (χ0n) is 8.00. The Hall–Kier alpha value is -1.04. The molecule has 0 saturated heterocycles. The van der Waals surface area contributed by atoms with Crippen LogP contribution in [0.15, 0.2) is 4.36 Å². The van der Waals surface area contributed by atoms with Crippen molar-refractivity contribution in [3.63, 3.8) is 0 Å². The molecule has 0 aliphatic rings. The maximum atomic E-state index is 11.7. The molecule has 1 aromatic rings. The molecule has 0 fully saturated rings. The van der Waals surface area contributed by atoms with Gasteiger partial charge in [-0.15, -0.1) is 0 Å². The first kappa shape index (κ1) is 10.0. The highest BCUT2D eigenvalue weighted by molar-refractivity contribution is 7.93. The first-order valence-corrected chi connectivity index (χ1v) is 6.06. The summed E-state index contributed by atoms with van der Waals surface area (Å²) in [5.41, 5.74) is 6.81. The third-order valence-electron chi connectivity index (χ3n) is 1.76. The summed E-state index contributed by atoms with van der Waals surface area (Å²) >= 11 is 0. The minimum Gasteiger partial charge on any atom is -0.380 e. The number of aromatic amines is 1. The Morgan fingerprint density at radius 3 is 2.69 bits per heavy atom. The van der Waals surface area contributed by atoms with Crippen LogP contribution in [0, 0.1) is 6.92 Å². The fourth-order valence-electron chi connectivity index (χ4n) is 0.815. The quantitative estimate of drug-likeness (QED) is 0.751. The number of H-pyrrole nitrogens is 1. The van der Waals surface area contributed by atoms with Crippen LogP contribution in [0.1, 0.15) is 12.6 Å². The number of hydrogen-bond donors (Lipinski definition) is 2. The summed E-state index contributed by atoms with van der Waals surface area (Å²) in [5, 5.41) is 6.46. The Balaban J connectivity index is 3.25. The van der Waals surface area contributed by atoms with Gasteiger partial charge >= 0.3 is 0 Å². The van der Waals surface area contributed by atoms with Gasteiger partial charge in [0.2, 0.25) is 0 Å². The number of nitrogens with one attached hydrogen (secondary N) is 1. The van der Waals surface area contributed by atoms with Crippen molar-refractivity contribution in [1.82, 2.24) is 10.2 Å². The number of nitrogen functional groups attached to an aromatic ring is 1. The van der Waals surface area contributed by atoms with Crippen LogP contribution in [-0.4, -0.2) is 26.4 Å². The van der Waals surface area contributed by atoms with Crippen molar-refractivity contribution in [2.24, 2.45) is 4.36 Å². The highest BCUT2D eigenvalue weighted by atomic mass is 32.2. The maximum Gasteiger partial charge on any atom is 0.172 e. The molecule has 0 amide bonds. The standard InChI is InChI=1S/C7H14N4OS/c1-4-13(3,12)11-6-5(2)9-10-7(6)8/h4H2,1-3H3,(H3,8,9,10). The molecule has 1 aromatic heterocycles. The van der Waals surface area contributed by atoms with Crippen LogP contribution in [0.25, 0.3) is 0 Å². The van der Waals surface area contributed by atoms with Crippen molar-refractivity contribution in [1.29, 1.82) is 0 Å². The van der Waals surface area contributed by atoms with Crippen LogP contribution in [0.4, 0.5) is 11.5 Å². The van der Waals surface area contributed by atoms with Crippen LogP contribution >= 0.6 is 0 Å². The number of nitrogens with zero attached hydrogens (tertiary/aromatic N) is 2. The fourth-order valence-corrected chi connectivity index (χ4v) is 1.56. The smallest absolute Gasteiger partial charge is 0.172 e. The van der Waals surface area contributed by atoms with Crippen molar-refractivity contribution in [2.75, 3.05) is 17.7 Å². The molecule has 0 bridgehead atoms. The van der Waals surface area contributed by atoms with Gasteiger partial charge in [-0.2, -0.15) is 9.46 Å². The zero-order chi connectivity index (χ0) is 10.1. The molecule has 0 aliphatic carbocycles. The molecular formula is C7H14N4OS. The van der Waals surface area contributed by atoms with Crippen molar-refractivity contribution in [3.05, 3.63) is 5.69 Å². The first-order valence-electron chi connectivity index (χ1n) is 3.96. The summed E-state index contributed by atoms with van der Waals surface area (Å²) in [4.78, 5) is 0. The van der Waals surface area contributed by atoms with E-state index in [1.807, 2.05) is 6.92 Å². The molecule has 1 atom stereocenters. The second-order valence-corrected chi connectivity index (χ2v) is 5.60. The highest BCUT2D eigenvalue weighted by Gasteiger charge is 2.07. The Morgan fingerprint density at radius 2 is 2.31 bits per heavy atom. The Morgan fingerprint density at radius 1 is 1.69 bits per heavy atom. The van der Waals surface area contributed by atoms with Crippen LogP contribution in [-0.2, 0) is 9.73 Å². The van der Waals surface area contributed by atoms with Crippen molar-refractivity contribution < 1.29 is 4.21 Å². The fraction of sp³-hybridized carbons (Fsp3) is 0.571. The van der Waals surface area contributed by atoms with Gasteiger partial charge < -0.3 is 5.73 Å². The van der Waals surface area contributed by atoms with Gasteiger partial charge in [-0.1, -0.05) is 6.92 Å². The molecule has 1 unspecified atom stereocenters. The Kier molecular flexibility index (Phi) is 2.60. The number of rotatable bonds is 2. The molecule has 0 radical (unpaired) electrons. The number of aryl methyl sites for hydroxylation is 1. The van der Waals surface area contributed by atoms with Gasteiger partial charge in [0, 0.05) is 21.7 Å². The molecule has 1 rings (SSSR count). The lowest BCUT2D eigenvalue weighted by Crippen LogP contribution is -1.98. The summed E-state index contributed by atoms with van der Waals surface area (Å²) in [6.07, 6.45) is 1.61. The summed E-state index contributed by atoms with van der Waals surface area (Å²) in [5.74, 6) is 0.817. The molecule has 1 heterocycles. The third kappa shape index (κ3) is 2.21. The molecule has 74 valence electrons. The monoisotopic (exact) mass is 202 g/mol. The lowest BCUT2D eigenvalue weighted by atomic mass is 10.4. The lowest BCUT2D eigenvalue weighted by molar-refractivity contribution is 0.681. The van der Waals surface area contributed by atoms with Gasteiger partial charge in [-0.3, -0.25) is 5.10 Å². The van der Waals surface area contributed by atoms with Crippen molar-refractivity contribution in [2.45, 2.75) is 13.8 Å². The van der Waals surface area contributed by atoms with E-state index in [0.717, 1.165) is 5.69 Å². The molecule has 6 heteroatoms. The lowest BCUT2D eigenvalue weighted by Gasteiger charge is -1.98. The number of aromatic nitrogens is 2. The zero-order valence-corrected chi connectivity index (χ0v) is 8.81. The van der Waals surface area contributed by atoms with E-state index < -0.39 is 9.73 Å². The van der Waals surface area contributed by atoms with Crippen molar-refractivity contribution in [3.8, 4) is 0 Å². The molecule has 0 saturated carbocycles. The Labute approximate surface area is 77.9 Å². The van der Waals surface area contributed by atoms with E-state index >= 15 is 0 Å². The predicted molar refractivity (Wildman–Crippen MR) is 54.4 cm³/mol. The average Bonchev–Trinajstić information content (AvgIpc) is 2.36. The molecule has 3 N–H and O–H groups in total. The molecule has 0 aromatic carbocycles. The summed E-state index contributed by atoms with van der Waals surface area (Å²) < 4.78 is 15.7. The highest BCUT2D eigenvalue weighted by Crippen LogP contribution is 2.24. The van der Waals surface area contributed by atoms with Crippen LogP contribution in [0.3, 0.4) is 0 Å². The van der Waals surface area contributed by atoms with E-state index in [4.69, 9.17) is 5.73 Å². The van der Waals surface area contributed by atoms with E-state index in [1.54, 1.807) is 13.2 Å². The van der Waals surface area contributed by atoms with E-state index in [1.165, 1.54) is 0 Å². The largest absolute Gasteiger partial charge is 0.380 e. The van der Waals surface area contributed by atoms with Gasteiger partial charge in [-0.25, -0.2) is 4.21 Å². The van der Waals surface area contributed by atoms with Gasteiger partial charge in [0.15, 0.2) is 5.82 Å². The third-order valence-corrected chi connectivity index (χ3v) is 3.40. The summed E-state index contributed by atoms with van der Waals surface area (Å²) in [6.45, 7) is 3.63. The topological polar surface area (TPSA) is 84.1 Å². The number of anilines is 1. The predicted octanol–water partition coefficient (Wildman–Crippen LogP) is 1.05. The van der Waals surface area contributed by atoms with E-state index in [-0.39, 0.29) is 0 Å². The van der Waals surface area contributed by atoms with E-state index in [2.05, 4.69) is 14.6 Å². The normalized spacial score (nSPS) is 15.3. The van der Waals surface area contributed by atoms with Gasteiger partial charge in [0.05, 0.1) is 5.69 Å². The average molecular weight is 202 g/mol. The number of hydrogen-bond acceptors (Lipinski definition) is 4. The molecule has 0 spiro atoms. The van der Waals surface area contributed by atoms with Gasteiger partial charge in [0.25, 0.3) is 0 Å². The molecule has 5 nitrogen and oxygen atoms in total. The molecule has 0 aliphatic heterocycles. The maximum absolute atomic E-state index is 11.7. The van der Waals surface area contributed by atoms with Crippen LogP contribution < -0.4 is 5.73 Å². The first-order chi connectivity index (χ1) is 5.96. The second kappa shape index (κ2) is 3.37.